The Hall–Kier alpha value is -2.81. The van der Waals surface area contributed by atoms with Crippen molar-refractivity contribution in [3.05, 3.63) is 56.2 Å². The van der Waals surface area contributed by atoms with Crippen LogP contribution in [-0.4, -0.2) is 30.8 Å². The summed E-state index contributed by atoms with van der Waals surface area (Å²) in [6.45, 7) is 2.36. The molecule has 9 heteroatoms. The largest absolute Gasteiger partial charge is 0.550 e. The van der Waals surface area contributed by atoms with E-state index in [0.29, 0.717) is 11.7 Å². The Morgan fingerprint density at radius 3 is 2.81 bits per heavy atom. The molecular weight excluding hydrogens is 356 g/mol. The van der Waals surface area contributed by atoms with Crippen molar-refractivity contribution in [3.8, 4) is 0 Å². The van der Waals surface area contributed by atoms with Gasteiger partial charge < -0.3 is 14.5 Å². The first-order valence-electron chi connectivity index (χ1n) is 7.94. The van der Waals surface area contributed by atoms with Gasteiger partial charge in [0.15, 0.2) is 16.3 Å². The van der Waals surface area contributed by atoms with Gasteiger partial charge in [-0.05, 0) is 18.9 Å². The Kier molecular flexibility index (Phi) is 4.99. The molecule has 0 bridgehead atoms. The summed E-state index contributed by atoms with van der Waals surface area (Å²) in [5, 5.41) is 11.2. The zero-order chi connectivity index (χ0) is 18.8. The van der Waals surface area contributed by atoms with E-state index in [1.54, 1.807) is 4.57 Å². The number of H-pyrrole nitrogens is 1. The van der Waals surface area contributed by atoms with Crippen LogP contribution in [0, 0.1) is 6.92 Å². The van der Waals surface area contributed by atoms with Crippen LogP contribution in [0.1, 0.15) is 17.5 Å². The lowest BCUT2D eigenvalue weighted by Gasteiger charge is -2.09. The highest BCUT2D eigenvalue weighted by atomic mass is 32.2. The second-order valence-corrected chi connectivity index (χ2v) is 6.99. The molecule has 0 aliphatic carbocycles. The van der Waals surface area contributed by atoms with Crippen LogP contribution in [0.5, 0.6) is 0 Å². The van der Waals surface area contributed by atoms with Crippen LogP contribution in [0.15, 0.2) is 39.0 Å². The number of aromatic amines is 1. The predicted octanol–water partition coefficient (Wildman–Crippen LogP) is 0.0121. The number of fused-ring (bicyclic) bond motifs is 1. The van der Waals surface area contributed by atoms with Crippen molar-refractivity contribution in [1.29, 1.82) is 0 Å². The monoisotopic (exact) mass is 373 g/mol. The molecule has 1 N–H and O–H groups in total. The van der Waals surface area contributed by atoms with E-state index in [2.05, 4.69) is 9.97 Å². The van der Waals surface area contributed by atoms with E-state index >= 15 is 0 Å². The minimum atomic E-state index is -1.15. The maximum Gasteiger partial charge on any atom is 0.329 e. The molecule has 0 unspecified atom stereocenters. The second kappa shape index (κ2) is 7.20. The molecule has 26 heavy (non-hydrogen) atoms. The molecule has 1 aromatic carbocycles. The van der Waals surface area contributed by atoms with Crippen molar-refractivity contribution < 1.29 is 9.90 Å². The molecule has 0 aliphatic rings. The maximum absolute atomic E-state index is 12.4. The summed E-state index contributed by atoms with van der Waals surface area (Å²) in [5.41, 5.74) is 1.54. The molecule has 0 atom stereocenters. The van der Waals surface area contributed by atoms with E-state index in [9.17, 15) is 19.5 Å². The van der Waals surface area contributed by atoms with Crippen molar-refractivity contribution in [2.45, 2.75) is 25.0 Å². The molecule has 0 saturated heterocycles. The van der Waals surface area contributed by atoms with Gasteiger partial charge >= 0.3 is 5.69 Å². The van der Waals surface area contributed by atoms with Gasteiger partial charge in [-0.25, -0.2) is 9.78 Å². The van der Waals surface area contributed by atoms with Gasteiger partial charge in [-0.15, -0.1) is 0 Å². The molecule has 3 rings (SSSR count). The maximum atomic E-state index is 12.4. The van der Waals surface area contributed by atoms with E-state index in [-0.39, 0.29) is 23.3 Å². The minimum Gasteiger partial charge on any atom is -0.550 e. The number of aromatic nitrogens is 4. The second-order valence-electron chi connectivity index (χ2n) is 5.93. The Bertz CT molecular complexity index is 1100. The lowest BCUT2D eigenvalue weighted by Crippen LogP contribution is -2.29. The van der Waals surface area contributed by atoms with Crippen LogP contribution in [0.4, 0.5) is 0 Å². The molecule has 2 heterocycles. The number of aliphatic carboxylic acids is 1. The quantitative estimate of drug-likeness (QED) is 0.609. The summed E-state index contributed by atoms with van der Waals surface area (Å²) < 4.78 is 2.98. The third kappa shape index (κ3) is 3.57. The predicted molar refractivity (Wildman–Crippen MR) is 96.2 cm³/mol. The van der Waals surface area contributed by atoms with Crippen molar-refractivity contribution in [1.82, 2.24) is 19.1 Å². The molecule has 2 aromatic heterocycles. The lowest BCUT2D eigenvalue weighted by molar-refractivity contribution is -0.305. The number of benzene rings is 1. The first kappa shape index (κ1) is 18.0. The van der Waals surface area contributed by atoms with Gasteiger partial charge in [-0.3, -0.25) is 14.3 Å². The first-order valence-corrected chi connectivity index (χ1v) is 8.93. The smallest absolute Gasteiger partial charge is 0.329 e. The molecule has 0 aliphatic heterocycles. The fourth-order valence-electron chi connectivity index (χ4n) is 2.69. The van der Waals surface area contributed by atoms with E-state index in [1.165, 1.54) is 23.4 Å². The fourth-order valence-corrected chi connectivity index (χ4v) is 3.60. The molecule has 3 aromatic rings. The number of carbonyl (C=O) groups is 1. The molecule has 0 radical (unpaired) electrons. The molecule has 0 amide bonds. The van der Waals surface area contributed by atoms with E-state index in [1.807, 2.05) is 31.2 Å². The minimum absolute atomic E-state index is 0.131. The average Bonchev–Trinajstić information content (AvgIpc) is 2.92. The number of aryl methyl sites for hydroxylation is 2. The van der Waals surface area contributed by atoms with Crippen molar-refractivity contribution in [2.24, 2.45) is 7.05 Å². The number of hydrogen-bond donors (Lipinski definition) is 1. The number of nitrogens with one attached hydrogen (secondary N) is 1. The number of hydrogen-bond acceptors (Lipinski definition) is 6. The SMILES string of the molecule is Cc1cccc(Cn2c(SCCC(=O)[O-])nc3c2c(=O)[nH]c(=O)n3C)c1. The normalized spacial score (nSPS) is 11.2. The van der Waals surface area contributed by atoms with E-state index in [0.717, 1.165) is 11.1 Å². The zero-order valence-corrected chi connectivity index (χ0v) is 15.1. The molecular formula is C17H17N4O4S-. The van der Waals surface area contributed by atoms with Crippen LogP contribution in [0.3, 0.4) is 0 Å². The number of rotatable bonds is 6. The summed E-state index contributed by atoms with van der Waals surface area (Å²) >= 11 is 1.21. The number of nitrogens with zero attached hydrogens (tertiary/aromatic N) is 3. The molecule has 136 valence electrons. The van der Waals surface area contributed by atoms with E-state index < -0.39 is 17.2 Å². The lowest BCUT2D eigenvalue weighted by atomic mass is 10.1. The molecule has 0 spiro atoms. The van der Waals surface area contributed by atoms with Crippen LogP contribution >= 0.6 is 11.8 Å². The summed E-state index contributed by atoms with van der Waals surface area (Å²) in [6.07, 6.45) is -0.131. The third-order valence-electron chi connectivity index (χ3n) is 3.93. The van der Waals surface area contributed by atoms with Crippen LogP contribution in [0.2, 0.25) is 0 Å². The highest BCUT2D eigenvalue weighted by Crippen LogP contribution is 2.23. The topological polar surface area (TPSA) is 113 Å². The summed E-state index contributed by atoms with van der Waals surface area (Å²) in [4.78, 5) is 41.6. The molecule has 8 nitrogen and oxygen atoms in total. The Morgan fingerprint density at radius 2 is 2.12 bits per heavy atom. The van der Waals surface area contributed by atoms with Gasteiger partial charge in [0.25, 0.3) is 5.56 Å². The fraction of sp³-hybridized carbons (Fsp3) is 0.294. The zero-order valence-electron chi connectivity index (χ0n) is 14.3. The summed E-state index contributed by atoms with van der Waals surface area (Å²) in [7, 11) is 1.53. The van der Waals surface area contributed by atoms with Crippen LogP contribution in [0.25, 0.3) is 11.2 Å². The standard InChI is InChI=1S/C17H18N4O4S/c1-10-4-3-5-11(8-10)9-21-13-14(20(2)16(25)19-15(13)24)18-17(21)26-7-6-12(22)23/h3-5,8H,6-7,9H2,1-2H3,(H,22,23)(H,19,24,25)/p-1. The Balaban J connectivity index is 2.13. The van der Waals surface area contributed by atoms with Gasteiger partial charge in [0.05, 0.1) is 6.54 Å². The Labute approximate surface area is 152 Å². The highest BCUT2D eigenvalue weighted by Gasteiger charge is 2.18. The van der Waals surface area contributed by atoms with Crippen molar-refractivity contribution >= 4 is 28.9 Å². The Morgan fingerprint density at radius 1 is 1.35 bits per heavy atom. The van der Waals surface area contributed by atoms with Gasteiger partial charge in [-0.2, -0.15) is 0 Å². The van der Waals surface area contributed by atoms with Gasteiger partial charge in [0, 0.05) is 18.8 Å². The van der Waals surface area contributed by atoms with Crippen molar-refractivity contribution in [2.75, 3.05) is 5.75 Å². The number of carboxylic acids is 1. The third-order valence-corrected chi connectivity index (χ3v) is 4.91. The number of carboxylic acid groups (broad SMARTS) is 1. The number of carbonyl (C=O) groups excluding carboxylic acids is 1. The summed E-state index contributed by atoms with van der Waals surface area (Å²) in [6, 6.07) is 7.83. The number of imidazole rings is 1. The molecule has 0 saturated carbocycles. The summed E-state index contributed by atoms with van der Waals surface area (Å²) in [5.74, 6) is -0.894. The van der Waals surface area contributed by atoms with Crippen LogP contribution in [-0.2, 0) is 18.4 Å². The van der Waals surface area contributed by atoms with Crippen LogP contribution < -0.4 is 16.4 Å². The van der Waals surface area contributed by atoms with Gasteiger partial charge in [0.2, 0.25) is 0 Å². The average molecular weight is 373 g/mol. The van der Waals surface area contributed by atoms with Gasteiger partial charge in [-0.1, -0.05) is 41.6 Å². The molecule has 0 fully saturated rings. The van der Waals surface area contributed by atoms with E-state index in [4.69, 9.17) is 0 Å². The highest BCUT2D eigenvalue weighted by molar-refractivity contribution is 7.99. The number of thioether (sulfide) groups is 1. The first-order chi connectivity index (χ1) is 12.4. The van der Waals surface area contributed by atoms with Crippen molar-refractivity contribution in [3.63, 3.8) is 0 Å². The van der Waals surface area contributed by atoms with Gasteiger partial charge in [0.1, 0.15) is 0 Å².